The van der Waals surface area contributed by atoms with Gasteiger partial charge in [-0.2, -0.15) is 0 Å². The normalized spacial score (nSPS) is 10.2. The number of hydrogen-bond donors (Lipinski definition) is 0. The lowest BCUT2D eigenvalue weighted by atomic mass is 10.1. The van der Waals surface area contributed by atoms with Crippen LogP contribution in [0, 0.1) is 0 Å². The molecule has 0 aliphatic heterocycles. The Kier molecular flexibility index (Phi) is 6.42. The summed E-state index contributed by atoms with van der Waals surface area (Å²) < 4.78 is 10.8. The molecule has 25 heavy (non-hydrogen) atoms. The van der Waals surface area contributed by atoms with E-state index in [0.717, 1.165) is 5.56 Å². The molecule has 0 radical (unpaired) electrons. The Hall–Kier alpha value is -2.53. The average Bonchev–Trinajstić information content (AvgIpc) is 2.60. The first-order valence-electron chi connectivity index (χ1n) is 7.71. The SMILES string of the molecule is COc1ccc(Cl)cc1CN(C)C(=O)COc1ccc(C(C)=O)cc1. The molecule has 0 saturated heterocycles. The number of hydrogen-bond acceptors (Lipinski definition) is 4. The molecule has 0 saturated carbocycles. The van der Waals surface area contributed by atoms with E-state index in [4.69, 9.17) is 21.1 Å². The van der Waals surface area contributed by atoms with Crippen LogP contribution >= 0.6 is 11.6 Å². The lowest BCUT2D eigenvalue weighted by molar-refractivity contribution is -0.132. The van der Waals surface area contributed by atoms with Crippen LogP contribution in [-0.2, 0) is 11.3 Å². The molecule has 0 spiro atoms. The monoisotopic (exact) mass is 361 g/mol. The minimum Gasteiger partial charge on any atom is -0.496 e. The number of likely N-dealkylation sites (N-methyl/N-ethyl adjacent to an activating group) is 1. The zero-order chi connectivity index (χ0) is 18.4. The minimum atomic E-state index is -0.183. The Morgan fingerprint density at radius 3 is 2.40 bits per heavy atom. The molecule has 5 nitrogen and oxygen atoms in total. The number of amides is 1. The molecular weight excluding hydrogens is 342 g/mol. The largest absolute Gasteiger partial charge is 0.496 e. The standard InChI is InChI=1S/C19H20ClNO4/c1-13(22)14-4-7-17(8-5-14)25-12-19(23)21(2)11-15-10-16(20)6-9-18(15)24-3/h4-10H,11-12H2,1-3H3. The fourth-order valence-electron chi connectivity index (χ4n) is 2.26. The van der Waals surface area contributed by atoms with Crippen molar-refractivity contribution in [3.05, 3.63) is 58.6 Å². The summed E-state index contributed by atoms with van der Waals surface area (Å²) >= 11 is 6.01. The number of Topliss-reactive ketones (excluding diaryl/α,β-unsaturated/α-hetero) is 1. The fraction of sp³-hybridized carbons (Fsp3) is 0.263. The molecule has 2 aromatic rings. The molecule has 0 heterocycles. The summed E-state index contributed by atoms with van der Waals surface area (Å²) in [5, 5.41) is 0.582. The Morgan fingerprint density at radius 2 is 1.80 bits per heavy atom. The second-order valence-electron chi connectivity index (χ2n) is 5.58. The van der Waals surface area contributed by atoms with Crippen molar-refractivity contribution in [2.75, 3.05) is 20.8 Å². The van der Waals surface area contributed by atoms with Crippen LogP contribution in [0.25, 0.3) is 0 Å². The first-order valence-corrected chi connectivity index (χ1v) is 8.08. The smallest absolute Gasteiger partial charge is 0.260 e. The van der Waals surface area contributed by atoms with Crippen LogP contribution in [0.15, 0.2) is 42.5 Å². The predicted octanol–water partition coefficient (Wildman–Crippen LogP) is 3.59. The fourth-order valence-corrected chi connectivity index (χ4v) is 2.45. The summed E-state index contributed by atoms with van der Waals surface area (Å²) in [6, 6.07) is 12.0. The van der Waals surface area contributed by atoms with Gasteiger partial charge in [-0.15, -0.1) is 0 Å². The zero-order valence-electron chi connectivity index (χ0n) is 14.4. The van der Waals surface area contributed by atoms with Gasteiger partial charge in [-0.25, -0.2) is 0 Å². The molecule has 1 amide bonds. The van der Waals surface area contributed by atoms with Crippen molar-refractivity contribution in [2.24, 2.45) is 0 Å². The highest BCUT2D eigenvalue weighted by Gasteiger charge is 2.13. The number of halogens is 1. The van der Waals surface area contributed by atoms with Crippen LogP contribution in [0.5, 0.6) is 11.5 Å². The van der Waals surface area contributed by atoms with Gasteiger partial charge in [0, 0.05) is 29.7 Å². The summed E-state index contributed by atoms with van der Waals surface area (Å²) in [5.74, 6) is 1.01. The van der Waals surface area contributed by atoms with Gasteiger partial charge in [-0.1, -0.05) is 11.6 Å². The number of carbonyl (C=O) groups is 2. The molecule has 0 aliphatic carbocycles. The molecule has 0 aliphatic rings. The maximum atomic E-state index is 12.3. The van der Waals surface area contributed by atoms with Crippen LogP contribution in [0.4, 0.5) is 0 Å². The van der Waals surface area contributed by atoms with E-state index in [1.165, 1.54) is 11.8 Å². The van der Waals surface area contributed by atoms with E-state index in [1.54, 1.807) is 56.6 Å². The summed E-state index contributed by atoms with van der Waals surface area (Å²) in [5.41, 5.74) is 1.42. The molecule has 0 bridgehead atoms. The number of ether oxygens (including phenoxy) is 2. The summed E-state index contributed by atoms with van der Waals surface area (Å²) in [7, 11) is 3.26. The molecule has 2 rings (SSSR count). The second-order valence-corrected chi connectivity index (χ2v) is 6.01. The molecule has 2 aromatic carbocycles. The van der Waals surface area contributed by atoms with Gasteiger partial charge in [-0.05, 0) is 49.4 Å². The van der Waals surface area contributed by atoms with Gasteiger partial charge in [0.25, 0.3) is 5.91 Å². The first-order chi connectivity index (χ1) is 11.9. The molecule has 0 unspecified atom stereocenters. The maximum absolute atomic E-state index is 12.3. The lowest BCUT2D eigenvalue weighted by Crippen LogP contribution is -2.31. The zero-order valence-corrected chi connectivity index (χ0v) is 15.2. The van der Waals surface area contributed by atoms with Crippen molar-refractivity contribution < 1.29 is 19.1 Å². The first kappa shape index (κ1) is 18.8. The lowest BCUT2D eigenvalue weighted by Gasteiger charge is -2.19. The van der Waals surface area contributed by atoms with Crippen LogP contribution < -0.4 is 9.47 Å². The predicted molar refractivity (Wildman–Crippen MR) is 96.4 cm³/mol. The minimum absolute atomic E-state index is 0.0159. The van der Waals surface area contributed by atoms with Gasteiger partial charge in [0.05, 0.1) is 7.11 Å². The molecule has 132 valence electrons. The third kappa shape index (κ3) is 5.22. The van der Waals surface area contributed by atoms with Crippen molar-refractivity contribution in [3.8, 4) is 11.5 Å². The van der Waals surface area contributed by atoms with Crippen molar-refractivity contribution in [3.63, 3.8) is 0 Å². The second kappa shape index (κ2) is 8.53. The molecule has 6 heteroatoms. The van der Waals surface area contributed by atoms with Crippen LogP contribution in [0.1, 0.15) is 22.8 Å². The van der Waals surface area contributed by atoms with E-state index in [1.807, 2.05) is 0 Å². The molecule has 0 fully saturated rings. The molecule has 0 N–H and O–H groups in total. The van der Waals surface area contributed by atoms with Crippen LogP contribution in [0.2, 0.25) is 5.02 Å². The van der Waals surface area contributed by atoms with Crippen molar-refractivity contribution in [1.29, 1.82) is 0 Å². The van der Waals surface area contributed by atoms with E-state index >= 15 is 0 Å². The highest BCUT2D eigenvalue weighted by atomic mass is 35.5. The Labute approximate surface area is 152 Å². The number of benzene rings is 2. The van der Waals surface area contributed by atoms with Gasteiger partial charge in [0.15, 0.2) is 12.4 Å². The van der Waals surface area contributed by atoms with E-state index in [0.29, 0.717) is 28.6 Å². The van der Waals surface area contributed by atoms with Crippen molar-refractivity contribution >= 4 is 23.3 Å². The average molecular weight is 362 g/mol. The quantitative estimate of drug-likeness (QED) is 0.707. The third-order valence-electron chi connectivity index (χ3n) is 3.70. The van der Waals surface area contributed by atoms with Gasteiger partial charge in [0.2, 0.25) is 0 Å². The Bertz CT molecular complexity index is 759. The third-order valence-corrected chi connectivity index (χ3v) is 3.93. The number of carbonyl (C=O) groups excluding carboxylic acids is 2. The van der Waals surface area contributed by atoms with Crippen molar-refractivity contribution in [2.45, 2.75) is 13.5 Å². The molecule has 0 atom stereocenters. The number of methoxy groups -OCH3 is 1. The van der Waals surface area contributed by atoms with Gasteiger partial charge in [-0.3, -0.25) is 9.59 Å². The molecular formula is C19H20ClNO4. The highest BCUT2D eigenvalue weighted by Crippen LogP contribution is 2.23. The van der Waals surface area contributed by atoms with Gasteiger partial charge in [0.1, 0.15) is 11.5 Å². The topological polar surface area (TPSA) is 55.8 Å². The Morgan fingerprint density at radius 1 is 1.12 bits per heavy atom. The van der Waals surface area contributed by atoms with E-state index < -0.39 is 0 Å². The number of ketones is 1. The summed E-state index contributed by atoms with van der Waals surface area (Å²) in [6.45, 7) is 1.76. The maximum Gasteiger partial charge on any atom is 0.260 e. The van der Waals surface area contributed by atoms with Crippen LogP contribution in [-0.4, -0.2) is 37.4 Å². The summed E-state index contributed by atoms with van der Waals surface area (Å²) in [4.78, 5) is 25.0. The molecule has 0 aromatic heterocycles. The number of rotatable bonds is 7. The summed E-state index contributed by atoms with van der Waals surface area (Å²) in [6.07, 6.45) is 0. The Balaban J connectivity index is 1.94. The number of nitrogens with zero attached hydrogens (tertiary/aromatic N) is 1. The van der Waals surface area contributed by atoms with E-state index in [9.17, 15) is 9.59 Å². The van der Waals surface area contributed by atoms with Crippen molar-refractivity contribution in [1.82, 2.24) is 4.90 Å². The highest BCUT2D eigenvalue weighted by molar-refractivity contribution is 6.30. The van der Waals surface area contributed by atoms with E-state index in [-0.39, 0.29) is 18.3 Å². The van der Waals surface area contributed by atoms with Gasteiger partial charge >= 0.3 is 0 Å². The van der Waals surface area contributed by atoms with E-state index in [2.05, 4.69) is 0 Å². The van der Waals surface area contributed by atoms with Gasteiger partial charge < -0.3 is 14.4 Å². The van der Waals surface area contributed by atoms with Crippen LogP contribution in [0.3, 0.4) is 0 Å².